The minimum Gasteiger partial charge on any atom is -0.480 e. The van der Waals surface area contributed by atoms with Crippen molar-refractivity contribution < 1.29 is 24.3 Å². The van der Waals surface area contributed by atoms with E-state index >= 15 is 0 Å². The Labute approximate surface area is 122 Å². The van der Waals surface area contributed by atoms with Gasteiger partial charge in [-0.15, -0.1) is 0 Å². The zero-order valence-corrected chi connectivity index (χ0v) is 12.3. The van der Waals surface area contributed by atoms with E-state index in [1.165, 1.54) is 14.0 Å². The van der Waals surface area contributed by atoms with Gasteiger partial charge in [0.2, 0.25) is 5.91 Å². The minimum atomic E-state index is -1.15. The number of nitrogens with zero attached hydrogens (tertiary/aromatic N) is 2. The van der Waals surface area contributed by atoms with Crippen molar-refractivity contribution in [1.82, 2.24) is 15.1 Å². The summed E-state index contributed by atoms with van der Waals surface area (Å²) in [6.45, 7) is 2.58. The standard InChI is InChI=1S/C13H19N3O5/c1-7(10(18)19)15(3)9(17)6-16-11(20)13(2,8-4-5-8)14-12(16)21/h7-8H,4-6H2,1-3H3,(H,14,21)(H,18,19)/t7-,13-/m0/s1. The molecule has 116 valence electrons. The summed E-state index contributed by atoms with van der Waals surface area (Å²) in [4.78, 5) is 49.0. The van der Waals surface area contributed by atoms with Crippen molar-refractivity contribution in [2.75, 3.05) is 13.6 Å². The lowest BCUT2D eigenvalue weighted by Crippen LogP contribution is -2.48. The normalized spacial score (nSPS) is 26.5. The number of carbonyl (C=O) groups is 4. The number of urea groups is 1. The zero-order valence-electron chi connectivity index (χ0n) is 12.3. The minimum absolute atomic E-state index is 0.115. The monoisotopic (exact) mass is 297 g/mol. The summed E-state index contributed by atoms with van der Waals surface area (Å²) in [7, 11) is 1.33. The molecular weight excluding hydrogens is 278 g/mol. The lowest BCUT2D eigenvalue weighted by atomic mass is 9.96. The molecule has 0 aromatic carbocycles. The number of imide groups is 1. The topological polar surface area (TPSA) is 107 Å². The van der Waals surface area contributed by atoms with Gasteiger partial charge in [-0.25, -0.2) is 9.59 Å². The first-order chi connectivity index (χ1) is 9.68. The van der Waals surface area contributed by atoms with Crippen LogP contribution in [-0.2, 0) is 14.4 Å². The number of nitrogens with one attached hydrogen (secondary N) is 1. The van der Waals surface area contributed by atoms with Crippen LogP contribution in [0, 0.1) is 5.92 Å². The Hall–Kier alpha value is -2.12. The Morgan fingerprint density at radius 1 is 1.48 bits per heavy atom. The number of aliphatic carboxylic acids is 1. The van der Waals surface area contributed by atoms with Crippen LogP contribution in [0.15, 0.2) is 0 Å². The number of likely N-dealkylation sites (N-methyl/N-ethyl adjacent to an activating group) is 1. The van der Waals surface area contributed by atoms with Crippen molar-refractivity contribution in [3.05, 3.63) is 0 Å². The molecule has 2 aliphatic rings. The van der Waals surface area contributed by atoms with Gasteiger partial charge in [-0.05, 0) is 32.6 Å². The number of rotatable bonds is 5. The number of carbonyl (C=O) groups excluding carboxylic acids is 3. The van der Waals surface area contributed by atoms with Crippen LogP contribution in [0.1, 0.15) is 26.7 Å². The van der Waals surface area contributed by atoms with Crippen LogP contribution < -0.4 is 5.32 Å². The molecule has 2 atom stereocenters. The second kappa shape index (κ2) is 5.01. The molecule has 21 heavy (non-hydrogen) atoms. The first kappa shape index (κ1) is 15.3. The van der Waals surface area contributed by atoms with Gasteiger partial charge in [-0.3, -0.25) is 14.5 Å². The summed E-state index contributed by atoms with van der Waals surface area (Å²) in [6, 6.07) is -1.62. The third kappa shape index (κ3) is 2.57. The fraction of sp³-hybridized carbons (Fsp3) is 0.692. The van der Waals surface area contributed by atoms with Crippen LogP contribution in [0.3, 0.4) is 0 Å². The van der Waals surface area contributed by atoms with Crippen molar-refractivity contribution >= 4 is 23.8 Å². The molecule has 2 N–H and O–H groups in total. The van der Waals surface area contributed by atoms with E-state index in [-0.39, 0.29) is 5.92 Å². The highest BCUT2D eigenvalue weighted by molar-refractivity contribution is 6.09. The van der Waals surface area contributed by atoms with Gasteiger partial charge in [-0.1, -0.05) is 0 Å². The summed E-state index contributed by atoms with van der Waals surface area (Å²) in [5, 5.41) is 11.5. The Balaban J connectivity index is 2.06. The lowest BCUT2D eigenvalue weighted by molar-refractivity contribution is -0.149. The zero-order chi connectivity index (χ0) is 15.9. The lowest BCUT2D eigenvalue weighted by Gasteiger charge is -2.24. The molecule has 2 fully saturated rings. The van der Waals surface area contributed by atoms with Crippen molar-refractivity contribution in [2.45, 2.75) is 38.3 Å². The maximum atomic E-state index is 12.3. The van der Waals surface area contributed by atoms with E-state index in [4.69, 9.17) is 5.11 Å². The fourth-order valence-corrected chi connectivity index (χ4v) is 2.43. The van der Waals surface area contributed by atoms with Crippen LogP contribution in [-0.4, -0.2) is 63.9 Å². The van der Waals surface area contributed by atoms with Crippen LogP contribution in [0.25, 0.3) is 0 Å². The molecule has 0 aromatic heterocycles. The summed E-state index contributed by atoms with van der Waals surface area (Å²) in [5.74, 6) is -2.04. The first-order valence-electron chi connectivity index (χ1n) is 6.81. The Bertz CT molecular complexity index is 516. The molecule has 1 saturated heterocycles. The number of carboxylic acid groups (broad SMARTS) is 1. The molecule has 0 unspecified atom stereocenters. The molecule has 0 radical (unpaired) electrons. The molecule has 2 rings (SSSR count). The molecule has 1 aliphatic heterocycles. The van der Waals surface area contributed by atoms with E-state index in [0.717, 1.165) is 22.6 Å². The van der Waals surface area contributed by atoms with Crippen molar-refractivity contribution in [3.8, 4) is 0 Å². The van der Waals surface area contributed by atoms with E-state index in [1.807, 2.05) is 0 Å². The Morgan fingerprint density at radius 3 is 2.52 bits per heavy atom. The molecule has 4 amide bonds. The highest BCUT2D eigenvalue weighted by Gasteiger charge is 2.56. The highest BCUT2D eigenvalue weighted by Crippen LogP contribution is 2.42. The number of hydrogen-bond donors (Lipinski definition) is 2. The predicted octanol–water partition coefficient (Wildman–Crippen LogP) is -0.362. The molecule has 8 nitrogen and oxygen atoms in total. The van der Waals surface area contributed by atoms with Gasteiger partial charge >= 0.3 is 12.0 Å². The van der Waals surface area contributed by atoms with Gasteiger partial charge in [0.1, 0.15) is 18.1 Å². The van der Waals surface area contributed by atoms with Gasteiger partial charge in [0.15, 0.2) is 0 Å². The van der Waals surface area contributed by atoms with Gasteiger partial charge in [0.25, 0.3) is 5.91 Å². The average molecular weight is 297 g/mol. The molecule has 1 saturated carbocycles. The molecule has 1 heterocycles. The van der Waals surface area contributed by atoms with Gasteiger partial charge in [-0.2, -0.15) is 0 Å². The molecule has 0 aromatic rings. The number of hydrogen-bond acceptors (Lipinski definition) is 4. The van der Waals surface area contributed by atoms with Crippen LogP contribution in [0.5, 0.6) is 0 Å². The molecular formula is C13H19N3O5. The summed E-state index contributed by atoms with van der Waals surface area (Å²) in [6.07, 6.45) is 1.75. The Kier molecular flexibility index (Phi) is 3.65. The van der Waals surface area contributed by atoms with Crippen LogP contribution in [0.2, 0.25) is 0 Å². The SMILES string of the molecule is C[C@@H](C(=O)O)N(C)C(=O)CN1C(=O)N[C@@](C)(C2CC2)C1=O. The summed E-state index contributed by atoms with van der Waals surface area (Å²) in [5.41, 5.74) is -0.936. The van der Waals surface area contributed by atoms with Crippen molar-refractivity contribution in [3.63, 3.8) is 0 Å². The summed E-state index contributed by atoms with van der Waals surface area (Å²) < 4.78 is 0. The molecule has 0 spiro atoms. The van der Waals surface area contributed by atoms with E-state index in [2.05, 4.69) is 5.32 Å². The molecule has 8 heteroatoms. The first-order valence-corrected chi connectivity index (χ1v) is 6.81. The van der Waals surface area contributed by atoms with Crippen molar-refractivity contribution in [1.29, 1.82) is 0 Å². The van der Waals surface area contributed by atoms with Gasteiger partial charge < -0.3 is 15.3 Å². The number of carboxylic acids is 1. The van der Waals surface area contributed by atoms with E-state index < -0.39 is 41.9 Å². The smallest absolute Gasteiger partial charge is 0.326 e. The second-order valence-electron chi connectivity index (χ2n) is 5.82. The third-order valence-electron chi connectivity index (χ3n) is 4.32. The highest BCUT2D eigenvalue weighted by atomic mass is 16.4. The van der Waals surface area contributed by atoms with Crippen LogP contribution >= 0.6 is 0 Å². The quantitative estimate of drug-likeness (QED) is 0.674. The second-order valence-corrected chi connectivity index (χ2v) is 5.82. The maximum Gasteiger partial charge on any atom is 0.326 e. The Morgan fingerprint density at radius 2 is 2.05 bits per heavy atom. The van der Waals surface area contributed by atoms with Crippen LogP contribution in [0.4, 0.5) is 4.79 Å². The van der Waals surface area contributed by atoms with E-state index in [9.17, 15) is 19.2 Å². The molecule has 1 aliphatic carbocycles. The predicted molar refractivity (Wildman–Crippen MR) is 71.2 cm³/mol. The summed E-state index contributed by atoms with van der Waals surface area (Å²) >= 11 is 0. The maximum absolute atomic E-state index is 12.3. The fourth-order valence-electron chi connectivity index (χ4n) is 2.43. The number of amides is 4. The third-order valence-corrected chi connectivity index (χ3v) is 4.32. The van der Waals surface area contributed by atoms with Gasteiger partial charge in [0, 0.05) is 7.05 Å². The van der Waals surface area contributed by atoms with Crippen molar-refractivity contribution in [2.24, 2.45) is 5.92 Å². The largest absolute Gasteiger partial charge is 0.480 e. The van der Waals surface area contributed by atoms with Gasteiger partial charge in [0.05, 0.1) is 0 Å². The van der Waals surface area contributed by atoms with E-state index in [1.54, 1.807) is 6.92 Å². The average Bonchev–Trinajstić information content (AvgIpc) is 3.23. The van der Waals surface area contributed by atoms with E-state index in [0.29, 0.717) is 0 Å². The molecule has 0 bridgehead atoms.